The first-order valence-corrected chi connectivity index (χ1v) is 10.2. The number of quaternary nitrogens is 1. The summed E-state index contributed by atoms with van der Waals surface area (Å²) in [7, 11) is 0. The SMILES string of the molecule is O=C(NCCCO)C(=O)NC[C@@H](c1cccs1)[NH+]1CCc2ccccc2C1. The summed E-state index contributed by atoms with van der Waals surface area (Å²) in [5.74, 6) is -1.27. The number of benzene rings is 1. The average Bonchev–Trinajstić information content (AvgIpc) is 3.22. The number of aliphatic hydroxyl groups is 1. The van der Waals surface area contributed by atoms with E-state index in [0.29, 0.717) is 19.5 Å². The summed E-state index contributed by atoms with van der Waals surface area (Å²) in [5.41, 5.74) is 2.76. The van der Waals surface area contributed by atoms with Gasteiger partial charge in [-0.1, -0.05) is 30.3 Å². The van der Waals surface area contributed by atoms with Gasteiger partial charge in [0.05, 0.1) is 18.0 Å². The van der Waals surface area contributed by atoms with E-state index < -0.39 is 11.8 Å². The highest BCUT2D eigenvalue weighted by molar-refractivity contribution is 7.10. The quantitative estimate of drug-likeness (QED) is 0.399. The van der Waals surface area contributed by atoms with Crippen molar-refractivity contribution in [2.75, 3.05) is 26.2 Å². The first kappa shape index (κ1) is 19.5. The summed E-state index contributed by atoms with van der Waals surface area (Å²) < 4.78 is 0. The van der Waals surface area contributed by atoms with Crippen molar-refractivity contribution in [3.05, 3.63) is 57.8 Å². The van der Waals surface area contributed by atoms with E-state index in [4.69, 9.17) is 5.11 Å². The number of carbonyl (C=O) groups excluding carboxylic acids is 2. The Kier molecular flexibility index (Phi) is 6.98. The van der Waals surface area contributed by atoms with Gasteiger partial charge in [0.2, 0.25) is 0 Å². The van der Waals surface area contributed by atoms with Gasteiger partial charge < -0.3 is 20.6 Å². The van der Waals surface area contributed by atoms with Crippen LogP contribution in [0, 0.1) is 0 Å². The van der Waals surface area contributed by atoms with E-state index >= 15 is 0 Å². The molecule has 1 aliphatic rings. The predicted molar refractivity (Wildman–Crippen MR) is 104 cm³/mol. The van der Waals surface area contributed by atoms with Gasteiger partial charge in [0.15, 0.2) is 0 Å². The number of amides is 2. The topological polar surface area (TPSA) is 82.9 Å². The molecule has 0 saturated heterocycles. The first-order valence-electron chi connectivity index (χ1n) is 9.30. The van der Waals surface area contributed by atoms with Gasteiger partial charge in [0.25, 0.3) is 0 Å². The van der Waals surface area contributed by atoms with Crippen molar-refractivity contribution in [1.29, 1.82) is 0 Å². The minimum atomic E-state index is -0.646. The molecule has 0 aliphatic carbocycles. The van der Waals surface area contributed by atoms with Crippen molar-refractivity contribution in [3.63, 3.8) is 0 Å². The predicted octanol–water partition coefficient (Wildman–Crippen LogP) is 0.0452. The van der Waals surface area contributed by atoms with Crippen LogP contribution in [0.3, 0.4) is 0 Å². The Morgan fingerprint density at radius 2 is 1.89 bits per heavy atom. The summed E-state index contributed by atoms with van der Waals surface area (Å²) in [6, 6.07) is 12.7. The van der Waals surface area contributed by atoms with Crippen LogP contribution in [-0.2, 0) is 22.6 Å². The molecule has 1 aliphatic heterocycles. The molecular formula is C20H26N3O3S+. The fourth-order valence-electron chi connectivity index (χ4n) is 3.47. The molecular weight excluding hydrogens is 362 g/mol. The zero-order valence-corrected chi connectivity index (χ0v) is 16.1. The summed E-state index contributed by atoms with van der Waals surface area (Å²) in [5, 5.41) is 16.1. The maximum absolute atomic E-state index is 12.1. The van der Waals surface area contributed by atoms with Gasteiger partial charge in [0.1, 0.15) is 12.6 Å². The molecule has 2 aromatic rings. The molecule has 7 heteroatoms. The first-order chi connectivity index (χ1) is 13.2. The Bertz CT molecular complexity index is 764. The third-order valence-electron chi connectivity index (χ3n) is 4.92. The van der Waals surface area contributed by atoms with E-state index in [1.807, 2.05) is 11.4 Å². The van der Waals surface area contributed by atoms with Crippen LogP contribution in [-0.4, -0.2) is 43.2 Å². The fraction of sp³-hybridized carbons (Fsp3) is 0.400. The molecule has 1 unspecified atom stereocenters. The molecule has 4 N–H and O–H groups in total. The Morgan fingerprint density at radius 3 is 2.63 bits per heavy atom. The molecule has 0 saturated carbocycles. The van der Waals surface area contributed by atoms with E-state index in [9.17, 15) is 9.59 Å². The molecule has 3 rings (SSSR count). The fourth-order valence-corrected chi connectivity index (χ4v) is 4.36. The summed E-state index contributed by atoms with van der Waals surface area (Å²) in [6.45, 7) is 2.62. The second-order valence-corrected chi connectivity index (χ2v) is 7.69. The van der Waals surface area contributed by atoms with Crippen LogP contribution in [0.15, 0.2) is 41.8 Å². The van der Waals surface area contributed by atoms with Crippen molar-refractivity contribution in [2.45, 2.75) is 25.4 Å². The van der Waals surface area contributed by atoms with E-state index in [2.05, 4.69) is 41.0 Å². The standard InChI is InChI=1S/C20H25N3O3S/c24-11-4-9-21-19(25)20(26)22-13-17(18-7-3-12-27-18)23-10-8-15-5-1-2-6-16(15)14-23/h1-3,5-7,12,17,24H,4,8-11,13-14H2,(H,21,25)(H,22,26)/p+1/t17-/m0/s1. The molecule has 0 fully saturated rings. The number of fused-ring (bicyclic) bond motifs is 1. The lowest BCUT2D eigenvalue weighted by molar-refractivity contribution is -0.945. The molecule has 27 heavy (non-hydrogen) atoms. The molecule has 1 aromatic heterocycles. The minimum Gasteiger partial charge on any atom is -0.396 e. The molecule has 0 radical (unpaired) electrons. The molecule has 0 bridgehead atoms. The monoisotopic (exact) mass is 388 g/mol. The lowest BCUT2D eigenvalue weighted by Crippen LogP contribution is -3.12. The number of hydrogen-bond donors (Lipinski definition) is 4. The highest BCUT2D eigenvalue weighted by Crippen LogP contribution is 2.18. The molecule has 1 aromatic carbocycles. The van der Waals surface area contributed by atoms with Crippen LogP contribution in [0.4, 0.5) is 0 Å². The highest BCUT2D eigenvalue weighted by Gasteiger charge is 2.30. The van der Waals surface area contributed by atoms with Gasteiger partial charge in [-0.3, -0.25) is 9.59 Å². The van der Waals surface area contributed by atoms with Crippen LogP contribution >= 0.6 is 11.3 Å². The van der Waals surface area contributed by atoms with Gasteiger partial charge in [-0.05, 0) is 23.4 Å². The zero-order valence-electron chi connectivity index (χ0n) is 15.2. The largest absolute Gasteiger partial charge is 0.396 e. The smallest absolute Gasteiger partial charge is 0.309 e. The van der Waals surface area contributed by atoms with Crippen molar-refractivity contribution < 1.29 is 19.6 Å². The number of carbonyl (C=O) groups is 2. The molecule has 0 spiro atoms. The number of aliphatic hydroxyl groups excluding tert-OH is 1. The lowest BCUT2D eigenvalue weighted by Gasteiger charge is -2.32. The van der Waals surface area contributed by atoms with Crippen LogP contribution in [0.1, 0.15) is 28.5 Å². The van der Waals surface area contributed by atoms with Crippen molar-refractivity contribution in [3.8, 4) is 0 Å². The maximum atomic E-state index is 12.1. The zero-order chi connectivity index (χ0) is 19.1. The number of hydrogen-bond acceptors (Lipinski definition) is 4. The van der Waals surface area contributed by atoms with Crippen LogP contribution < -0.4 is 15.5 Å². The molecule has 6 nitrogen and oxygen atoms in total. The maximum Gasteiger partial charge on any atom is 0.309 e. The molecule has 2 heterocycles. The van der Waals surface area contributed by atoms with Gasteiger partial charge in [-0.15, -0.1) is 11.3 Å². The van der Waals surface area contributed by atoms with E-state index in [1.54, 1.807) is 11.3 Å². The summed E-state index contributed by atoms with van der Waals surface area (Å²) >= 11 is 1.68. The summed E-state index contributed by atoms with van der Waals surface area (Å²) in [6.07, 6.45) is 1.46. The third kappa shape index (κ3) is 5.15. The lowest BCUT2D eigenvalue weighted by atomic mass is 9.98. The number of rotatable bonds is 7. The van der Waals surface area contributed by atoms with E-state index in [0.717, 1.165) is 19.5 Å². The number of thiophene rings is 1. The van der Waals surface area contributed by atoms with E-state index in [1.165, 1.54) is 20.9 Å². The van der Waals surface area contributed by atoms with Gasteiger partial charge in [0, 0.05) is 25.1 Å². The second kappa shape index (κ2) is 9.64. The molecule has 144 valence electrons. The van der Waals surface area contributed by atoms with Crippen molar-refractivity contribution in [2.24, 2.45) is 0 Å². The highest BCUT2D eigenvalue weighted by atomic mass is 32.1. The third-order valence-corrected chi connectivity index (χ3v) is 5.91. The Hall–Kier alpha value is -2.22. The van der Waals surface area contributed by atoms with Gasteiger partial charge >= 0.3 is 11.8 Å². The minimum absolute atomic E-state index is 0.0118. The summed E-state index contributed by atoms with van der Waals surface area (Å²) in [4.78, 5) is 26.6. The van der Waals surface area contributed by atoms with Crippen LogP contribution in [0.2, 0.25) is 0 Å². The molecule has 2 atom stereocenters. The van der Waals surface area contributed by atoms with Gasteiger partial charge in [-0.25, -0.2) is 0 Å². The normalized spacial score (nSPS) is 17.0. The van der Waals surface area contributed by atoms with Crippen LogP contribution in [0.5, 0.6) is 0 Å². The van der Waals surface area contributed by atoms with Crippen LogP contribution in [0.25, 0.3) is 0 Å². The Morgan fingerprint density at radius 1 is 1.11 bits per heavy atom. The average molecular weight is 389 g/mol. The van der Waals surface area contributed by atoms with Gasteiger partial charge in [-0.2, -0.15) is 0 Å². The Balaban J connectivity index is 1.63. The van der Waals surface area contributed by atoms with Crippen molar-refractivity contribution >= 4 is 23.2 Å². The Labute approximate surface area is 163 Å². The molecule has 2 amide bonds. The number of nitrogens with one attached hydrogen (secondary N) is 3. The van der Waals surface area contributed by atoms with E-state index in [-0.39, 0.29) is 12.6 Å². The van der Waals surface area contributed by atoms with Crippen molar-refractivity contribution in [1.82, 2.24) is 10.6 Å². The second-order valence-electron chi connectivity index (χ2n) is 6.71.